The van der Waals surface area contributed by atoms with Gasteiger partial charge in [-0.05, 0) is 67.6 Å². The lowest BCUT2D eigenvalue weighted by molar-refractivity contribution is -0.122. The largest absolute Gasteiger partial charge is 0.497 e. The zero-order valence-electron chi connectivity index (χ0n) is 21.4. The number of benzene rings is 2. The van der Waals surface area contributed by atoms with Crippen molar-refractivity contribution >= 4 is 21.6 Å². The van der Waals surface area contributed by atoms with Crippen LogP contribution >= 0.6 is 0 Å². The van der Waals surface area contributed by atoms with Gasteiger partial charge in [0.2, 0.25) is 15.9 Å². The van der Waals surface area contributed by atoms with E-state index in [-0.39, 0.29) is 17.6 Å². The third kappa shape index (κ3) is 5.94. The van der Waals surface area contributed by atoms with E-state index >= 15 is 0 Å². The molecule has 9 heteroatoms. The number of ether oxygens (including phenoxy) is 3. The van der Waals surface area contributed by atoms with E-state index in [1.165, 1.54) is 20.3 Å². The van der Waals surface area contributed by atoms with E-state index < -0.39 is 22.0 Å². The number of nitrogens with zero attached hydrogens (tertiary/aromatic N) is 1. The number of hydrogen-bond donors (Lipinski definition) is 1. The normalized spacial score (nSPS) is 13.2. The molecule has 0 spiro atoms. The van der Waals surface area contributed by atoms with Gasteiger partial charge >= 0.3 is 0 Å². The average Bonchev–Trinajstić information content (AvgIpc) is 2.77. The summed E-state index contributed by atoms with van der Waals surface area (Å²) in [6, 6.07) is 7.40. The van der Waals surface area contributed by atoms with Gasteiger partial charge in [0.05, 0.1) is 39.3 Å². The molecule has 0 saturated carbocycles. The standard InChI is InChI=1S/C25H36N2O6S/c1-15(2)20-14-21(16(3)12-24(20)33-8)17(4)26-25(28)18(5)27(34(9,29)30)22-13-19(31-6)10-11-23(22)32-7/h10-15,17-18H,1-9H3,(H,26,28)/t17-,18+/m0/s1. The highest BCUT2D eigenvalue weighted by Gasteiger charge is 2.32. The molecule has 1 amide bonds. The first-order chi connectivity index (χ1) is 15.8. The molecule has 1 N–H and O–H groups in total. The first kappa shape index (κ1) is 27.3. The van der Waals surface area contributed by atoms with Crippen molar-refractivity contribution in [2.24, 2.45) is 0 Å². The van der Waals surface area contributed by atoms with Crippen LogP contribution in [0.25, 0.3) is 0 Å². The zero-order chi connectivity index (χ0) is 25.8. The van der Waals surface area contributed by atoms with Crippen molar-refractivity contribution in [2.75, 3.05) is 31.9 Å². The molecule has 8 nitrogen and oxygen atoms in total. The fourth-order valence-electron chi connectivity index (χ4n) is 3.97. The van der Waals surface area contributed by atoms with Crippen LogP contribution in [0.1, 0.15) is 56.3 Å². The molecule has 34 heavy (non-hydrogen) atoms. The summed E-state index contributed by atoms with van der Waals surface area (Å²) in [5, 5.41) is 2.97. The summed E-state index contributed by atoms with van der Waals surface area (Å²) in [7, 11) is 0.729. The Morgan fingerprint density at radius 3 is 2.03 bits per heavy atom. The topological polar surface area (TPSA) is 94.2 Å². The Balaban J connectivity index is 2.42. The number of hydrogen-bond acceptors (Lipinski definition) is 6. The van der Waals surface area contributed by atoms with Crippen molar-refractivity contribution in [3.05, 3.63) is 47.0 Å². The highest BCUT2D eigenvalue weighted by molar-refractivity contribution is 7.92. The van der Waals surface area contributed by atoms with Crippen molar-refractivity contribution in [1.82, 2.24) is 5.32 Å². The third-order valence-corrected chi connectivity index (χ3v) is 7.01. The Kier molecular flexibility index (Phi) is 8.83. The molecule has 0 unspecified atom stereocenters. The summed E-state index contributed by atoms with van der Waals surface area (Å²) in [5.41, 5.74) is 3.17. The molecular formula is C25H36N2O6S. The van der Waals surface area contributed by atoms with Crippen molar-refractivity contribution in [1.29, 1.82) is 0 Å². The van der Waals surface area contributed by atoms with E-state index in [0.717, 1.165) is 33.0 Å². The molecule has 2 rings (SSSR count). The molecule has 2 aromatic carbocycles. The van der Waals surface area contributed by atoms with Crippen LogP contribution in [0.3, 0.4) is 0 Å². The maximum absolute atomic E-state index is 13.3. The van der Waals surface area contributed by atoms with Gasteiger partial charge in [-0.1, -0.05) is 13.8 Å². The van der Waals surface area contributed by atoms with Crippen LogP contribution in [0.4, 0.5) is 5.69 Å². The lowest BCUT2D eigenvalue weighted by atomic mass is 9.93. The minimum Gasteiger partial charge on any atom is -0.497 e. The van der Waals surface area contributed by atoms with Crippen LogP contribution < -0.4 is 23.8 Å². The summed E-state index contributed by atoms with van der Waals surface area (Å²) in [4.78, 5) is 13.3. The van der Waals surface area contributed by atoms with E-state index in [2.05, 4.69) is 19.2 Å². The van der Waals surface area contributed by atoms with Crippen LogP contribution in [0.2, 0.25) is 0 Å². The molecule has 0 bridgehead atoms. The second-order valence-corrected chi connectivity index (χ2v) is 10.5. The van der Waals surface area contributed by atoms with Gasteiger partial charge < -0.3 is 19.5 Å². The van der Waals surface area contributed by atoms with Crippen molar-refractivity contribution in [3.63, 3.8) is 0 Å². The quantitative estimate of drug-likeness (QED) is 0.535. The van der Waals surface area contributed by atoms with Gasteiger partial charge in [0.15, 0.2) is 0 Å². The predicted molar refractivity (Wildman–Crippen MR) is 135 cm³/mol. The second-order valence-electron chi connectivity index (χ2n) is 8.61. The number of aryl methyl sites for hydroxylation is 1. The first-order valence-electron chi connectivity index (χ1n) is 11.1. The summed E-state index contributed by atoms with van der Waals surface area (Å²) in [5.74, 6) is 1.35. The minimum atomic E-state index is -3.83. The van der Waals surface area contributed by atoms with E-state index in [0.29, 0.717) is 11.5 Å². The lowest BCUT2D eigenvalue weighted by Crippen LogP contribution is -2.48. The number of methoxy groups -OCH3 is 3. The Morgan fingerprint density at radius 2 is 1.53 bits per heavy atom. The van der Waals surface area contributed by atoms with Gasteiger partial charge in [0, 0.05) is 6.07 Å². The predicted octanol–water partition coefficient (Wildman–Crippen LogP) is 4.18. The molecule has 0 heterocycles. The number of sulfonamides is 1. The number of carbonyl (C=O) groups is 1. The number of anilines is 1. The van der Waals surface area contributed by atoms with E-state index in [1.54, 1.807) is 26.2 Å². The molecular weight excluding hydrogens is 456 g/mol. The Labute approximate surface area is 203 Å². The Morgan fingerprint density at radius 1 is 0.912 bits per heavy atom. The van der Waals surface area contributed by atoms with Crippen molar-refractivity contribution in [2.45, 2.75) is 52.6 Å². The highest BCUT2D eigenvalue weighted by Crippen LogP contribution is 2.36. The van der Waals surface area contributed by atoms with E-state index in [9.17, 15) is 13.2 Å². The van der Waals surface area contributed by atoms with Crippen LogP contribution in [0.15, 0.2) is 30.3 Å². The van der Waals surface area contributed by atoms with Crippen LogP contribution in [0.5, 0.6) is 17.2 Å². The molecule has 0 aromatic heterocycles. The summed E-state index contributed by atoms with van der Waals surface area (Å²) >= 11 is 0. The molecule has 2 atom stereocenters. The smallest absolute Gasteiger partial charge is 0.244 e. The summed E-state index contributed by atoms with van der Waals surface area (Å²) < 4.78 is 42.8. The fourth-order valence-corrected chi connectivity index (χ4v) is 5.14. The molecule has 0 saturated heterocycles. The van der Waals surface area contributed by atoms with Crippen molar-refractivity contribution in [3.8, 4) is 17.2 Å². The Hall–Kier alpha value is -2.94. The zero-order valence-corrected chi connectivity index (χ0v) is 22.2. The monoisotopic (exact) mass is 492 g/mol. The third-order valence-electron chi connectivity index (χ3n) is 5.78. The fraction of sp³-hybridized carbons (Fsp3) is 0.480. The summed E-state index contributed by atoms with van der Waals surface area (Å²) in [6.07, 6.45) is 1.06. The van der Waals surface area contributed by atoms with Gasteiger partial charge in [-0.2, -0.15) is 0 Å². The van der Waals surface area contributed by atoms with Gasteiger partial charge in [0.1, 0.15) is 23.3 Å². The van der Waals surface area contributed by atoms with Crippen molar-refractivity contribution < 1.29 is 27.4 Å². The maximum atomic E-state index is 13.3. The average molecular weight is 493 g/mol. The molecule has 2 aromatic rings. The van der Waals surface area contributed by atoms with Gasteiger partial charge in [-0.25, -0.2) is 8.42 Å². The van der Waals surface area contributed by atoms with Gasteiger partial charge in [0.25, 0.3) is 0 Å². The molecule has 0 fully saturated rings. The van der Waals surface area contributed by atoms with E-state index in [1.807, 2.05) is 26.0 Å². The maximum Gasteiger partial charge on any atom is 0.244 e. The minimum absolute atomic E-state index is 0.224. The highest BCUT2D eigenvalue weighted by atomic mass is 32.2. The van der Waals surface area contributed by atoms with E-state index in [4.69, 9.17) is 14.2 Å². The van der Waals surface area contributed by atoms with Gasteiger partial charge in [-0.3, -0.25) is 9.10 Å². The lowest BCUT2D eigenvalue weighted by Gasteiger charge is -2.31. The number of rotatable bonds is 10. The first-order valence-corrected chi connectivity index (χ1v) is 12.9. The van der Waals surface area contributed by atoms with Crippen LogP contribution in [0, 0.1) is 6.92 Å². The number of nitrogens with one attached hydrogen (secondary N) is 1. The van der Waals surface area contributed by atoms with Gasteiger partial charge in [-0.15, -0.1) is 0 Å². The van der Waals surface area contributed by atoms with Crippen LogP contribution in [-0.4, -0.2) is 48.0 Å². The van der Waals surface area contributed by atoms with Crippen LogP contribution in [-0.2, 0) is 14.8 Å². The molecule has 0 radical (unpaired) electrons. The molecule has 188 valence electrons. The molecule has 0 aliphatic carbocycles. The number of amides is 1. The SMILES string of the molecule is COc1ccc(OC)c(N([C@H](C)C(=O)N[C@@H](C)c2cc(C(C)C)c(OC)cc2C)S(C)(=O)=O)c1. The Bertz CT molecular complexity index is 1130. The number of carbonyl (C=O) groups excluding carboxylic acids is 1. The molecule has 0 aliphatic heterocycles. The summed E-state index contributed by atoms with van der Waals surface area (Å²) in [6.45, 7) is 9.53. The molecule has 0 aliphatic rings. The second kappa shape index (κ2) is 11.0.